The minimum absolute atomic E-state index is 0.0481. The lowest BCUT2D eigenvalue weighted by Gasteiger charge is -2.26. The largest absolute Gasteiger partial charge is 0.493 e. The number of likely N-dealkylation sites (tertiary alicyclic amines) is 1. The lowest BCUT2D eigenvalue weighted by atomic mass is 10.1. The van der Waals surface area contributed by atoms with Crippen LogP contribution in [0.2, 0.25) is 0 Å². The summed E-state index contributed by atoms with van der Waals surface area (Å²) in [7, 11) is 0. The fourth-order valence-corrected chi connectivity index (χ4v) is 3.49. The number of aliphatic imine (C=N–C) groups is 1. The number of amidine groups is 1. The summed E-state index contributed by atoms with van der Waals surface area (Å²) >= 11 is 1.49. The second-order valence-corrected chi connectivity index (χ2v) is 6.44. The van der Waals surface area contributed by atoms with Gasteiger partial charge in [0.05, 0.1) is 12.3 Å². The Hall–Kier alpha value is -2.21. The fourth-order valence-electron chi connectivity index (χ4n) is 2.78. The number of ether oxygens (including phenoxy) is 1. The molecule has 0 bridgehead atoms. The average molecular weight is 343 g/mol. The third-order valence-corrected chi connectivity index (χ3v) is 4.64. The zero-order valence-electron chi connectivity index (χ0n) is 14.0. The standard InChI is InChI=1S/C18H21N3O2S/c1-3-23-16-9-5-4-8-14(16)15-12-24-18(19-15)20-17-10-6-7-11-21(17)13(2)22/h4-5,8-9,12H,3,6-7,10-11H2,1-2H3. The van der Waals surface area contributed by atoms with Crippen LogP contribution in [0, 0.1) is 0 Å². The molecule has 126 valence electrons. The van der Waals surface area contributed by atoms with Crippen LogP contribution in [-0.4, -0.2) is 34.8 Å². The predicted molar refractivity (Wildman–Crippen MR) is 97.1 cm³/mol. The number of para-hydroxylation sites is 1. The number of amides is 1. The van der Waals surface area contributed by atoms with E-state index in [4.69, 9.17) is 4.74 Å². The zero-order chi connectivity index (χ0) is 16.9. The van der Waals surface area contributed by atoms with Crippen molar-refractivity contribution >= 4 is 28.2 Å². The molecular formula is C18H21N3O2S. The van der Waals surface area contributed by atoms with Crippen LogP contribution in [0.4, 0.5) is 5.13 Å². The topological polar surface area (TPSA) is 54.8 Å². The van der Waals surface area contributed by atoms with Crippen molar-refractivity contribution in [2.24, 2.45) is 4.99 Å². The number of aromatic nitrogens is 1. The van der Waals surface area contributed by atoms with Crippen molar-refractivity contribution in [2.75, 3.05) is 13.2 Å². The van der Waals surface area contributed by atoms with Crippen molar-refractivity contribution < 1.29 is 9.53 Å². The van der Waals surface area contributed by atoms with Gasteiger partial charge in [-0.2, -0.15) is 0 Å². The van der Waals surface area contributed by atoms with E-state index in [0.29, 0.717) is 11.7 Å². The number of carbonyl (C=O) groups excluding carboxylic acids is 1. The molecule has 1 aromatic carbocycles. The van der Waals surface area contributed by atoms with Gasteiger partial charge in [0.2, 0.25) is 11.0 Å². The van der Waals surface area contributed by atoms with Gasteiger partial charge in [-0.3, -0.25) is 4.79 Å². The molecule has 0 aliphatic carbocycles. The molecule has 1 amide bonds. The van der Waals surface area contributed by atoms with E-state index in [1.165, 1.54) is 11.3 Å². The summed E-state index contributed by atoms with van der Waals surface area (Å²) in [6, 6.07) is 7.87. The quantitative estimate of drug-likeness (QED) is 0.833. The Morgan fingerprint density at radius 2 is 2.21 bits per heavy atom. The number of thiazole rings is 1. The van der Waals surface area contributed by atoms with Gasteiger partial charge >= 0.3 is 0 Å². The number of hydrogen-bond acceptors (Lipinski definition) is 5. The van der Waals surface area contributed by atoms with E-state index < -0.39 is 0 Å². The summed E-state index contributed by atoms with van der Waals surface area (Å²) in [5.74, 6) is 1.70. The van der Waals surface area contributed by atoms with Crippen LogP contribution in [0.5, 0.6) is 5.75 Å². The first-order valence-corrected chi connectivity index (χ1v) is 9.10. The molecule has 1 aliphatic rings. The molecule has 0 atom stereocenters. The Morgan fingerprint density at radius 1 is 1.38 bits per heavy atom. The van der Waals surface area contributed by atoms with Gasteiger partial charge in [0, 0.05) is 30.8 Å². The van der Waals surface area contributed by atoms with Gasteiger partial charge in [0.25, 0.3) is 0 Å². The second-order valence-electron chi connectivity index (χ2n) is 5.60. The molecule has 1 saturated heterocycles. The molecular weight excluding hydrogens is 322 g/mol. The molecule has 1 aliphatic heterocycles. The van der Waals surface area contributed by atoms with E-state index in [0.717, 1.165) is 48.6 Å². The van der Waals surface area contributed by atoms with E-state index in [1.54, 1.807) is 11.8 Å². The van der Waals surface area contributed by atoms with Gasteiger partial charge in [0.15, 0.2) is 0 Å². The van der Waals surface area contributed by atoms with Gasteiger partial charge in [-0.25, -0.2) is 9.98 Å². The summed E-state index contributed by atoms with van der Waals surface area (Å²) in [5.41, 5.74) is 1.82. The zero-order valence-corrected chi connectivity index (χ0v) is 14.8. The Labute approximate surface area is 146 Å². The van der Waals surface area contributed by atoms with Crippen LogP contribution in [0.15, 0.2) is 34.6 Å². The van der Waals surface area contributed by atoms with E-state index in [-0.39, 0.29) is 5.91 Å². The Kier molecular flexibility index (Phi) is 5.25. The maximum Gasteiger partial charge on any atom is 0.224 e. The smallest absolute Gasteiger partial charge is 0.224 e. The van der Waals surface area contributed by atoms with Crippen LogP contribution >= 0.6 is 11.3 Å². The molecule has 0 N–H and O–H groups in total. The van der Waals surface area contributed by atoms with Crippen LogP contribution < -0.4 is 4.74 Å². The van der Waals surface area contributed by atoms with Gasteiger partial charge in [0.1, 0.15) is 11.6 Å². The van der Waals surface area contributed by atoms with Gasteiger partial charge in [-0.1, -0.05) is 12.1 Å². The molecule has 24 heavy (non-hydrogen) atoms. The molecule has 2 heterocycles. The van der Waals surface area contributed by atoms with Crippen molar-refractivity contribution in [3.63, 3.8) is 0 Å². The number of hydrogen-bond donors (Lipinski definition) is 0. The van der Waals surface area contributed by atoms with Gasteiger partial charge < -0.3 is 9.64 Å². The highest BCUT2D eigenvalue weighted by atomic mass is 32.1. The number of carbonyl (C=O) groups is 1. The van der Waals surface area contributed by atoms with Crippen LogP contribution in [-0.2, 0) is 4.79 Å². The third-order valence-electron chi connectivity index (χ3n) is 3.90. The molecule has 5 nitrogen and oxygen atoms in total. The highest BCUT2D eigenvalue weighted by Gasteiger charge is 2.20. The molecule has 0 saturated carbocycles. The summed E-state index contributed by atoms with van der Waals surface area (Å²) < 4.78 is 5.68. The number of benzene rings is 1. The highest BCUT2D eigenvalue weighted by molar-refractivity contribution is 7.13. The molecule has 3 rings (SSSR count). The van der Waals surface area contributed by atoms with Crippen LogP contribution in [0.25, 0.3) is 11.3 Å². The lowest BCUT2D eigenvalue weighted by Crippen LogP contribution is -2.38. The molecule has 0 unspecified atom stereocenters. The maximum atomic E-state index is 11.8. The third kappa shape index (κ3) is 3.64. The van der Waals surface area contributed by atoms with E-state index >= 15 is 0 Å². The Morgan fingerprint density at radius 3 is 3.00 bits per heavy atom. The SMILES string of the molecule is CCOc1ccccc1-c1csc(N=C2CCCCN2C(C)=O)n1. The highest BCUT2D eigenvalue weighted by Crippen LogP contribution is 2.33. The first-order valence-electron chi connectivity index (χ1n) is 8.22. The fraction of sp³-hybridized carbons (Fsp3) is 0.389. The molecule has 0 spiro atoms. The van der Waals surface area contributed by atoms with E-state index in [2.05, 4.69) is 9.98 Å². The Bertz CT molecular complexity index is 754. The molecule has 6 heteroatoms. The van der Waals surface area contributed by atoms with Crippen molar-refractivity contribution in [2.45, 2.75) is 33.1 Å². The molecule has 1 fully saturated rings. The Balaban J connectivity index is 1.88. The molecule has 2 aromatic rings. The minimum Gasteiger partial charge on any atom is -0.493 e. The monoisotopic (exact) mass is 343 g/mol. The van der Waals surface area contributed by atoms with Gasteiger partial charge in [-0.15, -0.1) is 11.3 Å². The normalized spacial score (nSPS) is 16.4. The van der Waals surface area contributed by atoms with Crippen LogP contribution in [0.1, 0.15) is 33.1 Å². The van der Waals surface area contributed by atoms with Crippen molar-refractivity contribution in [3.05, 3.63) is 29.6 Å². The maximum absolute atomic E-state index is 11.8. The van der Waals surface area contributed by atoms with Crippen molar-refractivity contribution in [3.8, 4) is 17.0 Å². The number of piperidine rings is 1. The second kappa shape index (κ2) is 7.57. The summed E-state index contributed by atoms with van der Waals surface area (Å²) in [5, 5.41) is 2.66. The summed E-state index contributed by atoms with van der Waals surface area (Å²) in [4.78, 5) is 22.8. The van der Waals surface area contributed by atoms with Gasteiger partial charge in [-0.05, 0) is 31.9 Å². The predicted octanol–water partition coefficient (Wildman–Crippen LogP) is 4.27. The van der Waals surface area contributed by atoms with Crippen molar-refractivity contribution in [1.82, 2.24) is 9.88 Å². The van der Waals surface area contributed by atoms with Crippen LogP contribution in [0.3, 0.4) is 0 Å². The van der Waals surface area contributed by atoms with E-state index in [1.807, 2.05) is 36.6 Å². The molecule has 1 aromatic heterocycles. The summed E-state index contributed by atoms with van der Waals surface area (Å²) in [6.45, 7) is 4.92. The summed E-state index contributed by atoms with van der Waals surface area (Å²) in [6.07, 6.45) is 2.92. The number of rotatable bonds is 4. The lowest BCUT2D eigenvalue weighted by molar-refractivity contribution is -0.125. The minimum atomic E-state index is 0.0481. The van der Waals surface area contributed by atoms with Crippen molar-refractivity contribution in [1.29, 1.82) is 0 Å². The molecule has 0 radical (unpaired) electrons. The van der Waals surface area contributed by atoms with E-state index in [9.17, 15) is 4.79 Å². The number of nitrogens with zero attached hydrogens (tertiary/aromatic N) is 3. The average Bonchev–Trinajstić information content (AvgIpc) is 3.04. The first-order chi connectivity index (χ1) is 11.7. The first kappa shape index (κ1) is 16.6.